The molecule has 0 saturated carbocycles. The maximum Gasteiger partial charge on any atom is 0.258 e. The predicted octanol–water partition coefficient (Wildman–Crippen LogP) is 3.21. The minimum atomic E-state index is -0.200. The van der Waals surface area contributed by atoms with Crippen LogP contribution in [0.4, 0.5) is 5.82 Å². The summed E-state index contributed by atoms with van der Waals surface area (Å²) in [6.07, 6.45) is 3.71. The van der Waals surface area contributed by atoms with Crippen LogP contribution in [0.15, 0.2) is 35.6 Å². The number of nitrogens with zero attached hydrogens (tertiary/aromatic N) is 4. The van der Waals surface area contributed by atoms with Crippen molar-refractivity contribution in [1.29, 1.82) is 0 Å². The molecule has 0 bridgehead atoms. The van der Waals surface area contributed by atoms with E-state index < -0.39 is 0 Å². The molecule has 2 aromatic heterocycles. The van der Waals surface area contributed by atoms with Crippen LogP contribution in [0.2, 0.25) is 0 Å². The molecule has 2 heterocycles. The van der Waals surface area contributed by atoms with Crippen molar-refractivity contribution < 1.29 is 14.3 Å². The third-order valence-electron chi connectivity index (χ3n) is 4.49. The number of rotatable bonds is 12. The number of benzene rings is 1. The number of ether oxygens (including phenoxy) is 2. The molecule has 172 valence electrons. The van der Waals surface area contributed by atoms with Crippen molar-refractivity contribution in [2.24, 2.45) is 5.92 Å². The molecule has 1 aromatic carbocycles. The van der Waals surface area contributed by atoms with Crippen molar-refractivity contribution >= 4 is 34.5 Å². The summed E-state index contributed by atoms with van der Waals surface area (Å²) in [6, 6.07) is 7.19. The second kappa shape index (κ2) is 11.6. The second-order valence-corrected chi connectivity index (χ2v) is 8.26. The Hall–Kier alpha value is -3.01. The van der Waals surface area contributed by atoms with Gasteiger partial charge in [0.15, 0.2) is 17.4 Å². The summed E-state index contributed by atoms with van der Waals surface area (Å²) in [7, 11) is 0. The average Bonchev–Trinajstić information content (AvgIpc) is 3.20. The fraction of sp³-hybridized carbons (Fsp3) is 0.455. The van der Waals surface area contributed by atoms with Crippen molar-refractivity contribution in [3.05, 3.63) is 30.5 Å². The Morgan fingerprint density at radius 3 is 2.53 bits per heavy atom. The number of carbonyl (C=O) groups is 1. The topological polar surface area (TPSA) is 103 Å². The van der Waals surface area contributed by atoms with Crippen molar-refractivity contribution in [1.82, 2.24) is 25.1 Å². The molecule has 0 radical (unpaired) electrons. The first-order chi connectivity index (χ1) is 15.5. The first-order valence-corrected chi connectivity index (χ1v) is 11.9. The van der Waals surface area contributed by atoms with Gasteiger partial charge in [-0.3, -0.25) is 4.79 Å². The lowest BCUT2D eigenvalue weighted by Crippen LogP contribution is -2.31. The van der Waals surface area contributed by atoms with Gasteiger partial charge in [-0.05, 0) is 43.4 Å². The fourth-order valence-electron chi connectivity index (χ4n) is 2.93. The van der Waals surface area contributed by atoms with Crippen LogP contribution < -0.4 is 20.1 Å². The quantitative estimate of drug-likeness (QED) is 0.315. The van der Waals surface area contributed by atoms with Crippen LogP contribution >= 0.6 is 11.8 Å². The summed E-state index contributed by atoms with van der Waals surface area (Å²) < 4.78 is 12.7. The summed E-state index contributed by atoms with van der Waals surface area (Å²) in [5, 5.41) is 12.2. The molecular formula is C22H30N6O3S. The summed E-state index contributed by atoms with van der Waals surface area (Å²) in [4.78, 5) is 21.3. The minimum Gasteiger partial charge on any atom is -0.494 e. The highest BCUT2D eigenvalue weighted by molar-refractivity contribution is 7.98. The SMILES string of the molecule is CCOc1ccc(OCC(=O)NCCn2ncc3c(NCC(C)C)nc(SC)nc32)cc1. The maximum absolute atomic E-state index is 12.2. The first-order valence-electron chi connectivity index (χ1n) is 10.6. The van der Waals surface area contributed by atoms with Crippen LogP contribution in [-0.4, -0.2) is 58.2 Å². The number of fused-ring (bicyclic) bond motifs is 1. The van der Waals surface area contributed by atoms with Gasteiger partial charge in [-0.25, -0.2) is 14.6 Å². The van der Waals surface area contributed by atoms with E-state index in [0.29, 0.717) is 36.5 Å². The van der Waals surface area contributed by atoms with Gasteiger partial charge in [0.1, 0.15) is 17.3 Å². The second-order valence-electron chi connectivity index (χ2n) is 7.48. The Labute approximate surface area is 192 Å². The van der Waals surface area contributed by atoms with E-state index in [0.717, 1.165) is 29.1 Å². The lowest BCUT2D eigenvalue weighted by molar-refractivity contribution is -0.123. The lowest BCUT2D eigenvalue weighted by Gasteiger charge is -2.11. The molecule has 0 unspecified atom stereocenters. The molecule has 9 nitrogen and oxygen atoms in total. The Balaban J connectivity index is 1.54. The highest BCUT2D eigenvalue weighted by atomic mass is 32.2. The zero-order valence-corrected chi connectivity index (χ0v) is 19.7. The third-order valence-corrected chi connectivity index (χ3v) is 5.03. The van der Waals surface area contributed by atoms with Crippen LogP contribution in [0.5, 0.6) is 11.5 Å². The summed E-state index contributed by atoms with van der Waals surface area (Å²) >= 11 is 1.48. The number of carbonyl (C=O) groups excluding carboxylic acids is 1. The largest absolute Gasteiger partial charge is 0.494 e. The van der Waals surface area contributed by atoms with E-state index in [1.54, 1.807) is 23.0 Å². The molecule has 32 heavy (non-hydrogen) atoms. The molecular weight excluding hydrogens is 428 g/mol. The van der Waals surface area contributed by atoms with E-state index in [9.17, 15) is 4.79 Å². The maximum atomic E-state index is 12.2. The van der Waals surface area contributed by atoms with Crippen molar-refractivity contribution in [3.63, 3.8) is 0 Å². The molecule has 0 fully saturated rings. The lowest BCUT2D eigenvalue weighted by atomic mass is 10.2. The number of hydrogen-bond acceptors (Lipinski definition) is 8. The van der Waals surface area contributed by atoms with Gasteiger partial charge >= 0.3 is 0 Å². The molecule has 3 aromatic rings. The molecule has 1 amide bonds. The molecule has 10 heteroatoms. The van der Waals surface area contributed by atoms with Gasteiger partial charge in [0.05, 0.1) is 24.7 Å². The number of anilines is 1. The molecule has 0 spiro atoms. The molecule has 0 aliphatic heterocycles. The van der Waals surface area contributed by atoms with E-state index in [-0.39, 0.29) is 12.5 Å². The minimum absolute atomic E-state index is 0.0596. The zero-order valence-electron chi connectivity index (χ0n) is 18.9. The van der Waals surface area contributed by atoms with Crippen molar-refractivity contribution in [2.75, 3.05) is 37.9 Å². The van der Waals surface area contributed by atoms with Gasteiger partial charge < -0.3 is 20.1 Å². The normalized spacial score (nSPS) is 11.0. The van der Waals surface area contributed by atoms with Gasteiger partial charge in [-0.1, -0.05) is 25.6 Å². The molecule has 0 saturated heterocycles. The summed E-state index contributed by atoms with van der Waals surface area (Å²) in [5.74, 6) is 2.46. The summed E-state index contributed by atoms with van der Waals surface area (Å²) in [5.41, 5.74) is 0.746. The van der Waals surface area contributed by atoms with Crippen LogP contribution in [0.3, 0.4) is 0 Å². The van der Waals surface area contributed by atoms with Crippen molar-refractivity contribution in [3.8, 4) is 11.5 Å². The van der Waals surface area contributed by atoms with Gasteiger partial charge in [0.25, 0.3) is 5.91 Å². The molecule has 3 rings (SSSR count). The molecule has 2 N–H and O–H groups in total. The number of amides is 1. The standard InChI is InChI=1S/C22H30N6O3S/c1-5-30-16-6-8-17(9-7-16)31-14-19(29)23-10-11-28-21-18(13-25-28)20(24-12-15(2)3)26-22(27-21)32-4/h6-9,13,15H,5,10-12,14H2,1-4H3,(H,23,29)(H,24,26,27). The predicted molar refractivity (Wildman–Crippen MR) is 127 cm³/mol. The van der Waals surface area contributed by atoms with Crippen molar-refractivity contribution in [2.45, 2.75) is 32.5 Å². The smallest absolute Gasteiger partial charge is 0.258 e. The average molecular weight is 459 g/mol. The van der Waals surface area contributed by atoms with Crippen LogP contribution in [0.1, 0.15) is 20.8 Å². The van der Waals surface area contributed by atoms with Crippen LogP contribution in [0, 0.1) is 5.92 Å². The van der Waals surface area contributed by atoms with Gasteiger partial charge in [0, 0.05) is 13.1 Å². The molecule has 0 atom stereocenters. The fourth-order valence-corrected chi connectivity index (χ4v) is 3.29. The van der Waals surface area contributed by atoms with E-state index in [2.05, 4.69) is 39.5 Å². The number of hydrogen-bond donors (Lipinski definition) is 2. The monoisotopic (exact) mass is 458 g/mol. The van der Waals surface area contributed by atoms with E-state index in [4.69, 9.17) is 9.47 Å². The van der Waals surface area contributed by atoms with E-state index in [1.807, 2.05) is 25.3 Å². The van der Waals surface area contributed by atoms with Gasteiger partial charge in [-0.2, -0.15) is 5.10 Å². The van der Waals surface area contributed by atoms with Crippen LogP contribution in [-0.2, 0) is 11.3 Å². The van der Waals surface area contributed by atoms with E-state index >= 15 is 0 Å². The zero-order chi connectivity index (χ0) is 22.9. The highest BCUT2D eigenvalue weighted by Crippen LogP contribution is 2.23. The Morgan fingerprint density at radius 1 is 1.16 bits per heavy atom. The highest BCUT2D eigenvalue weighted by Gasteiger charge is 2.13. The first kappa shape index (κ1) is 23.6. The Bertz CT molecular complexity index is 1020. The van der Waals surface area contributed by atoms with Gasteiger partial charge in [0.2, 0.25) is 0 Å². The molecule has 0 aliphatic carbocycles. The number of nitrogens with one attached hydrogen (secondary N) is 2. The number of thioether (sulfide) groups is 1. The third kappa shape index (κ3) is 6.49. The number of aromatic nitrogens is 4. The van der Waals surface area contributed by atoms with E-state index in [1.165, 1.54) is 11.8 Å². The Kier molecular flexibility index (Phi) is 8.55. The molecule has 0 aliphatic rings. The van der Waals surface area contributed by atoms with Gasteiger partial charge in [-0.15, -0.1) is 0 Å². The van der Waals surface area contributed by atoms with Crippen LogP contribution in [0.25, 0.3) is 11.0 Å². The Morgan fingerprint density at radius 2 is 1.88 bits per heavy atom. The summed E-state index contributed by atoms with van der Waals surface area (Å²) in [6.45, 7) is 8.49.